The molecule has 0 saturated heterocycles. The zero-order chi connectivity index (χ0) is 8.10. The zero-order valence-corrected chi connectivity index (χ0v) is 7.00. The molecule has 1 aliphatic carbocycles. The van der Waals surface area contributed by atoms with Crippen LogP contribution in [0.3, 0.4) is 0 Å². The first-order valence-electron chi connectivity index (χ1n) is 4.67. The average molecular weight is 158 g/mol. The second-order valence-corrected chi connectivity index (χ2v) is 3.52. The SMILES string of the molecule is OC(O)C1CCCCCCC1. The van der Waals surface area contributed by atoms with Gasteiger partial charge in [-0.3, -0.25) is 0 Å². The summed E-state index contributed by atoms with van der Waals surface area (Å²) in [5, 5.41) is 17.9. The summed E-state index contributed by atoms with van der Waals surface area (Å²) in [5.74, 6) is 0.148. The van der Waals surface area contributed by atoms with Crippen LogP contribution >= 0.6 is 0 Å². The number of hydrogen-bond acceptors (Lipinski definition) is 2. The van der Waals surface area contributed by atoms with Crippen molar-refractivity contribution in [2.75, 3.05) is 0 Å². The fourth-order valence-electron chi connectivity index (χ4n) is 1.79. The Morgan fingerprint density at radius 3 is 1.73 bits per heavy atom. The molecular weight excluding hydrogens is 140 g/mol. The standard InChI is InChI=1S/C9H18O2/c10-9(11)8-6-4-2-1-3-5-7-8/h8-11H,1-7H2. The van der Waals surface area contributed by atoms with E-state index in [4.69, 9.17) is 10.2 Å². The largest absolute Gasteiger partial charge is 0.368 e. The molecule has 2 nitrogen and oxygen atoms in total. The molecule has 1 saturated carbocycles. The van der Waals surface area contributed by atoms with Crippen LogP contribution in [0.25, 0.3) is 0 Å². The maximum atomic E-state index is 8.95. The van der Waals surface area contributed by atoms with Crippen molar-refractivity contribution in [2.24, 2.45) is 5.92 Å². The first-order valence-corrected chi connectivity index (χ1v) is 4.67. The lowest BCUT2D eigenvalue weighted by atomic mass is 9.91. The second kappa shape index (κ2) is 4.73. The van der Waals surface area contributed by atoms with Crippen LogP contribution in [0, 0.1) is 5.92 Å². The van der Waals surface area contributed by atoms with Crippen molar-refractivity contribution >= 4 is 0 Å². The van der Waals surface area contributed by atoms with Crippen molar-refractivity contribution in [1.29, 1.82) is 0 Å². The Kier molecular flexibility index (Phi) is 3.87. The molecule has 0 amide bonds. The summed E-state index contributed by atoms with van der Waals surface area (Å²) in [6.07, 6.45) is 7.12. The predicted octanol–water partition coefficient (Wildman–Crippen LogP) is 1.66. The van der Waals surface area contributed by atoms with E-state index in [0.717, 1.165) is 12.8 Å². The summed E-state index contributed by atoms with van der Waals surface area (Å²) < 4.78 is 0. The van der Waals surface area contributed by atoms with Crippen molar-refractivity contribution in [1.82, 2.24) is 0 Å². The number of rotatable bonds is 1. The van der Waals surface area contributed by atoms with Gasteiger partial charge in [-0.1, -0.05) is 32.1 Å². The molecule has 1 fully saturated rings. The quantitative estimate of drug-likeness (QED) is 0.570. The fraction of sp³-hybridized carbons (Fsp3) is 1.00. The molecule has 0 aromatic heterocycles. The van der Waals surface area contributed by atoms with Gasteiger partial charge >= 0.3 is 0 Å². The monoisotopic (exact) mass is 158 g/mol. The Labute approximate surface area is 68.2 Å². The first-order chi connectivity index (χ1) is 5.30. The van der Waals surface area contributed by atoms with Gasteiger partial charge in [0.25, 0.3) is 0 Å². The van der Waals surface area contributed by atoms with Gasteiger partial charge in [0, 0.05) is 5.92 Å². The Bertz CT molecular complexity index is 93.7. The maximum absolute atomic E-state index is 8.95. The Balaban J connectivity index is 2.26. The zero-order valence-electron chi connectivity index (χ0n) is 7.00. The molecule has 0 aromatic rings. The highest BCUT2D eigenvalue weighted by atomic mass is 16.5. The van der Waals surface area contributed by atoms with Gasteiger partial charge < -0.3 is 10.2 Å². The lowest BCUT2D eigenvalue weighted by molar-refractivity contribution is -0.0898. The van der Waals surface area contributed by atoms with Gasteiger partial charge in [-0.25, -0.2) is 0 Å². The molecule has 0 aromatic carbocycles. The highest BCUT2D eigenvalue weighted by Gasteiger charge is 2.16. The van der Waals surface area contributed by atoms with E-state index in [1.807, 2.05) is 0 Å². The van der Waals surface area contributed by atoms with E-state index in [0.29, 0.717) is 0 Å². The van der Waals surface area contributed by atoms with Crippen molar-refractivity contribution < 1.29 is 10.2 Å². The van der Waals surface area contributed by atoms with Gasteiger partial charge in [0.2, 0.25) is 0 Å². The molecule has 2 N–H and O–H groups in total. The Morgan fingerprint density at radius 1 is 0.818 bits per heavy atom. The van der Waals surface area contributed by atoms with E-state index >= 15 is 0 Å². The van der Waals surface area contributed by atoms with Crippen molar-refractivity contribution in [3.05, 3.63) is 0 Å². The highest BCUT2D eigenvalue weighted by Crippen LogP contribution is 2.23. The fourth-order valence-corrected chi connectivity index (χ4v) is 1.79. The first kappa shape index (κ1) is 9.01. The van der Waals surface area contributed by atoms with Crippen LogP contribution in [-0.4, -0.2) is 16.5 Å². The van der Waals surface area contributed by atoms with Crippen LogP contribution in [0.5, 0.6) is 0 Å². The lowest BCUT2D eigenvalue weighted by Gasteiger charge is -2.20. The van der Waals surface area contributed by atoms with Crippen molar-refractivity contribution in [3.63, 3.8) is 0 Å². The topological polar surface area (TPSA) is 40.5 Å². The minimum Gasteiger partial charge on any atom is -0.368 e. The summed E-state index contributed by atoms with van der Waals surface area (Å²) >= 11 is 0. The molecule has 0 spiro atoms. The number of aliphatic hydroxyl groups is 2. The minimum atomic E-state index is -1.08. The van der Waals surface area contributed by atoms with Crippen molar-refractivity contribution in [2.45, 2.75) is 51.2 Å². The highest BCUT2D eigenvalue weighted by molar-refractivity contribution is 4.64. The van der Waals surface area contributed by atoms with Gasteiger partial charge in [0.1, 0.15) is 0 Å². The van der Waals surface area contributed by atoms with Gasteiger partial charge in [-0.15, -0.1) is 0 Å². The van der Waals surface area contributed by atoms with E-state index in [1.165, 1.54) is 32.1 Å². The van der Waals surface area contributed by atoms with Crippen LogP contribution in [0.4, 0.5) is 0 Å². The Hall–Kier alpha value is -0.0800. The van der Waals surface area contributed by atoms with Crippen LogP contribution in [0.15, 0.2) is 0 Å². The summed E-state index contributed by atoms with van der Waals surface area (Å²) in [7, 11) is 0. The number of aliphatic hydroxyl groups excluding tert-OH is 1. The lowest BCUT2D eigenvalue weighted by Crippen LogP contribution is -2.20. The van der Waals surface area contributed by atoms with E-state index in [1.54, 1.807) is 0 Å². The smallest absolute Gasteiger partial charge is 0.154 e. The summed E-state index contributed by atoms with van der Waals surface area (Å²) in [6.45, 7) is 0. The maximum Gasteiger partial charge on any atom is 0.154 e. The van der Waals surface area contributed by atoms with Crippen molar-refractivity contribution in [3.8, 4) is 0 Å². The van der Waals surface area contributed by atoms with Gasteiger partial charge in [0.15, 0.2) is 6.29 Å². The second-order valence-electron chi connectivity index (χ2n) is 3.52. The molecule has 0 aliphatic heterocycles. The van der Waals surface area contributed by atoms with E-state index in [-0.39, 0.29) is 5.92 Å². The predicted molar refractivity (Wildman–Crippen MR) is 44.0 cm³/mol. The molecular formula is C9H18O2. The molecule has 1 rings (SSSR count). The van der Waals surface area contributed by atoms with Gasteiger partial charge in [0.05, 0.1) is 0 Å². The van der Waals surface area contributed by atoms with Crippen LogP contribution in [0.2, 0.25) is 0 Å². The molecule has 0 unspecified atom stereocenters. The third-order valence-electron chi connectivity index (χ3n) is 2.57. The number of hydrogen-bond donors (Lipinski definition) is 2. The molecule has 66 valence electrons. The molecule has 0 bridgehead atoms. The summed E-state index contributed by atoms with van der Waals surface area (Å²) in [4.78, 5) is 0. The van der Waals surface area contributed by atoms with Crippen LogP contribution < -0.4 is 0 Å². The average Bonchev–Trinajstić information content (AvgIpc) is 1.84. The van der Waals surface area contributed by atoms with Crippen LogP contribution in [0.1, 0.15) is 44.9 Å². The van der Waals surface area contributed by atoms with Gasteiger partial charge in [-0.05, 0) is 12.8 Å². The molecule has 2 heteroatoms. The Morgan fingerprint density at radius 2 is 1.27 bits per heavy atom. The molecule has 0 radical (unpaired) electrons. The minimum absolute atomic E-state index is 0.148. The van der Waals surface area contributed by atoms with Gasteiger partial charge in [-0.2, -0.15) is 0 Å². The van der Waals surface area contributed by atoms with E-state index in [2.05, 4.69) is 0 Å². The summed E-state index contributed by atoms with van der Waals surface area (Å²) in [5.41, 5.74) is 0. The summed E-state index contributed by atoms with van der Waals surface area (Å²) in [6, 6.07) is 0. The normalized spacial score (nSPS) is 23.2. The molecule has 11 heavy (non-hydrogen) atoms. The molecule has 0 atom stereocenters. The molecule has 1 aliphatic rings. The van der Waals surface area contributed by atoms with E-state index < -0.39 is 6.29 Å². The third-order valence-corrected chi connectivity index (χ3v) is 2.57. The molecule has 0 heterocycles. The van der Waals surface area contributed by atoms with E-state index in [9.17, 15) is 0 Å². The van der Waals surface area contributed by atoms with Crippen LogP contribution in [-0.2, 0) is 0 Å². The third kappa shape index (κ3) is 3.21.